The molecule has 0 aliphatic heterocycles. The monoisotopic (exact) mass is 285 g/mol. The molecule has 1 aliphatic carbocycles. The topological polar surface area (TPSA) is 98.1 Å². The molecule has 1 aromatic heterocycles. The molecule has 4 N–H and O–H groups in total. The van der Waals surface area contributed by atoms with Crippen molar-refractivity contribution in [2.45, 2.75) is 31.7 Å². The molecule has 2 aromatic rings. The normalized spacial score (nSPS) is 15.4. The summed E-state index contributed by atoms with van der Waals surface area (Å²) < 4.78 is 0. The summed E-state index contributed by atoms with van der Waals surface area (Å²) in [5.74, 6) is 0.572. The summed E-state index contributed by atoms with van der Waals surface area (Å²) in [4.78, 5) is 22.1. The van der Waals surface area contributed by atoms with Gasteiger partial charge in [-0.1, -0.05) is 25.0 Å². The molecule has 6 heteroatoms. The summed E-state index contributed by atoms with van der Waals surface area (Å²) in [6.45, 7) is 0.158. The second-order valence-electron chi connectivity index (χ2n) is 5.46. The second-order valence-corrected chi connectivity index (χ2v) is 5.46. The van der Waals surface area contributed by atoms with E-state index in [2.05, 4.69) is 9.97 Å². The van der Waals surface area contributed by atoms with Gasteiger partial charge in [0.1, 0.15) is 5.82 Å². The van der Waals surface area contributed by atoms with Crippen LogP contribution in [0.25, 0.3) is 10.9 Å². The van der Waals surface area contributed by atoms with Crippen molar-refractivity contribution >= 4 is 28.6 Å². The molecule has 1 aliphatic rings. The molecule has 3 rings (SSSR count). The number of rotatable bonds is 4. The Morgan fingerprint density at radius 3 is 2.67 bits per heavy atom. The Hall–Kier alpha value is -2.37. The van der Waals surface area contributed by atoms with Crippen LogP contribution in [-0.4, -0.2) is 28.5 Å². The molecule has 0 bridgehead atoms. The van der Waals surface area contributed by atoms with Crippen molar-refractivity contribution in [1.82, 2.24) is 9.97 Å². The zero-order valence-electron chi connectivity index (χ0n) is 11.8. The number of nitrogens with zero attached hydrogens (tertiary/aromatic N) is 3. The number of carbonyl (C=O) groups excluding carboxylic acids is 1. The van der Waals surface area contributed by atoms with E-state index < -0.39 is 0 Å². The predicted molar refractivity (Wildman–Crippen MR) is 82.7 cm³/mol. The van der Waals surface area contributed by atoms with Crippen LogP contribution in [0.15, 0.2) is 24.3 Å². The maximum atomic E-state index is 11.5. The lowest BCUT2D eigenvalue weighted by atomic mass is 10.1. The molecule has 0 saturated heterocycles. The molecule has 0 unspecified atom stereocenters. The van der Waals surface area contributed by atoms with E-state index in [0.717, 1.165) is 23.7 Å². The molecule has 110 valence electrons. The van der Waals surface area contributed by atoms with E-state index in [-0.39, 0.29) is 24.4 Å². The number of nitrogen functional groups attached to an aromatic ring is 1. The van der Waals surface area contributed by atoms with Crippen LogP contribution in [-0.2, 0) is 4.79 Å². The summed E-state index contributed by atoms with van der Waals surface area (Å²) in [5.41, 5.74) is 12.0. The quantitative estimate of drug-likeness (QED) is 0.885. The highest BCUT2D eigenvalue weighted by Crippen LogP contribution is 2.31. The lowest BCUT2D eigenvalue weighted by Crippen LogP contribution is -2.41. The summed E-state index contributed by atoms with van der Waals surface area (Å²) in [7, 11) is 0. The zero-order chi connectivity index (χ0) is 14.8. The Balaban J connectivity index is 2.11. The Bertz CT molecular complexity index is 666. The Morgan fingerprint density at radius 2 is 1.95 bits per heavy atom. The fraction of sp³-hybridized carbons (Fsp3) is 0.400. The third-order valence-corrected chi connectivity index (χ3v) is 3.96. The standard InChI is InChI=1S/C15H19N5O/c16-13(21)9-20(10-5-1-2-6-10)14-11-7-3-4-8-12(11)18-15(17)19-14/h3-4,7-8,10H,1-2,5-6,9H2,(H2,16,21)(H2,17,18,19). The maximum Gasteiger partial charge on any atom is 0.237 e. The molecule has 1 aromatic carbocycles. The van der Waals surface area contributed by atoms with E-state index in [1.54, 1.807) is 0 Å². The van der Waals surface area contributed by atoms with Crippen molar-refractivity contribution in [2.24, 2.45) is 5.73 Å². The predicted octanol–water partition coefficient (Wildman–Crippen LogP) is 1.45. The van der Waals surface area contributed by atoms with Crippen molar-refractivity contribution in [3.63, 3.8) is 0 Å². The van der Waals surface area contributed by atoms with Crippen LogP contribution >= 0.6 is 0 Å². The highest BCUT2D eigenvalue weighted by molar-refractivity contribution is 5.92. The summed E-state index contributed by atoms with van der Waals surface area (Å²) in [5, 5.41) is 0.903. The fourth-order valence-electron chi connectivity index (χ4n) is 3.06. The number of para-hydroxylation sites is 1. The van der Waals surface area contributed by atoms with Gasteiger partial charge in [0.2, 0.25) is 11.9 Å². The van der Waals surface area contributed by atoms with E-state index in [4.69, 9.17) is 11.5 Å². The number of benzene rings is 1. The van der Waals surface area contributed by atoms with Gasteiger partial charge in [0.25, 0.3) is 0 Å². The van der Waals surface area contributed by atoms with Gasteiger partial charge in [0, 0.05) is 11.4 Å². The summed E-state index contributed by atoms with van der Waals surface area (Å²) in [6.07, 6.45) is 4.42. The van der Waals surface area contributed by atoms with Crippen LogP contribution in [0, 0.1) is 0 Å². The fourth-order valence-corrected chi connectivity index (χ4v) is 3.06. The average molecular weight is 285 g/mol. The van der Waals surface area contributed by atoms with Crippen molar-refractivity contribution in [3.05, 3.63) is 24.3 Å². The third-order valence-electron chi connectivity index (χ3n) is 3.96. The van der Waals surface area contributed by atoms with E-state index in [0.29, 0.717) is 5.82 Å². The van der Waals surface area contributed by atoms with E-state index in [9.17, 15) is 4.79 Å². The number of primary amides is 1. The van der Waals surface area contributed by atoms with Gasteiger partial charge in [0.05, 0.1) is 12.1 Å². The lowest BCUT2D eigenvalue weighted by molar-refractivity contribution is -0.116. The Kier molecular flexibility index (Phi) is 3.60. The van der Waals surface area contributed by atoms with Gasteiger partial charge in [-0.05, 0) is 25.0 Å². The first-order valence-electron chi connectivity index (χ1n) is 7.22. The van der Waals surface area contributed by atoms with Gasteiger partial charge in [0.15, 0.2) is 0 Å². The van der Waals surface area contributed by atoms with E-state index in [1.807, 2.05) is 29.2 Å². The van der Waals surface area contributed by atoms with Crippen LogP contribution in [0.2, 0.25) is 0 Å². The van der Waals surface area contributed by atoms with E-state index >= 15 is 0 Å². The molecule has 21 heavy (non-hydrogen) atoms. The number of hydrogen-bond donors (Lipinski definition) is 2. The average Bonchev–Trinajstić information content (AvgIpc) is 2.97. The molecule has 1 amide bonds. The van der Waals surface area contributed by atoms with Crippen LogP contribution in [0.4, 0.5) is 11.8 Å². The molecular formula is C15H19N5O. The number of aromatic nitrogens is 2. The Morgan fingerprint density at radius 1 is 1.24 bits per heavy atom. The molecule has 0 atom stereocenters. The second kappa shape index (κ2) is 5.55. The van der Waals surface area contributed by atoms with Gasteiger partial charge in [-0.15, -0.1) is 0 Å². The number of fused-ring (bicyclic) bond motifs is 1. The van der Waals surface area contributed by atoms with Gasteiger partial charge >= 0.3 is 0 Å². The minimum Gasteiger partial charge on any atom is -0.368 e. The molecule has 1 saturated carbocycles. The first-order valence-corrected chi connectivity index (χ1v) is 7.22. The summed E-state index contributed by atoms with van der Waals surface area (Å²) >= 11 is 0. The largest absolute Gasteiger partial charge is 0.368 e. The highest BCUT2D eigenvalue weighted by atomic mass is 16.1. The first kappa shape index (κ1) is 13.6. The Labute approximate surface area is 123 Å². The van der Waals surface area contributed by atoms with Crippen molar-refractivity contribution in [2.75, 3.05) is 17.2 Å². The summed E-state index contributed by atoms with van der Waals surface area (Å²) in [6, 6.07) is 7.98. The number of amides is 1. The number of nitrogens with two attached hydrogens (primary N) is 2. The van der Waals surface area contributed by atoms with Crippen LogP contribution < -0.4 is 16.4 Å². The minimum absolute atomic E-state index is 0.158. The van der Waals surface area contributed by atoms with Crippen LogP contribution in [0.1, 0.15) is 25.7 Å². The molecule has 1 fully saturated rings. The van der Waals surface area contributed by atoms with Gasteiger partial charge < -0.3 is 16.4 Å². The van der Waals surface area contributed by atoms with Crippen LogP contribution in [0.3, 0.4) is 0 Å². The molecule has 6 nitrogen and oxygen atoms in total. The number of hydrogen-bond acceptors (Lipinski definition) is 5. The third kappa shape index (κ3) is 2.74. The van der Waals surface area contributed by atoms with E-state index in [1.165, 1.54) is 12.8 Å². The first-order chi connectivity index (χ1) is 10.1. The minimum atomic E-state index is -0.358. The molecule has 0 radical (unpaired) electrons. The van der Waals surface area contributed by atoms with Gasteiger partial charge in [-0.3, -0.25) is 4.79 Å². The maximum absolute atomic E-state index is 11.5. The van der Waals surface area contributed by atoms with Gasteiger partial charge in [-0.2, -0.15) is 4.98 Å². The molecular weight excluding hydrogens is 266 g/mol. The zero-order valence-corrected chi connectivity index (χ0v) is 11.8. The van der Waals surface area contributed by atoms with Crippen molar-refractivity contribution < 1.29 is 4.79 Å². The van der Waals surface area contributed by atoms with Gasteiger partial charge in [-0.25, -0.2) is 4.98 Å². The smallest absolute Gasteiger partial charge is 0.237 e. The highest BCUT2D eigenvalue weighted by Gasteiger charge is 2.26. The SMILES string of the molecule is NC(=O)CN(c1nc(N)nc2ccccc12)C1CCCC1. The number of anilines is 2. The van der Waals surface area contributed by atoms with Crippen LogP contribution in [0.5, 0.6) is 0 Å². The van der Waals surface area contributed by atoms with Crippen molar-refractivity contribution in [3.8, 4) is 0 Å². The molecule has 1 heterocycles. The lowest BCUT2D eigenvalue weighted by Gasteiger charge is -2.29. The molecule has 0 spiro atoms. The van der Waals surface area contributed by atoms with Crippen molar-refractivity contribution in [1.29, 1.82) is 0 Å². The number of carbonyl (C=O) groups is 1.